The number of methoxy groups -OCH3 is 1. The average molecular weight is 293 g/mol. The summed E-state index contributed by atoms with van der Waals surface area (Å²) in [5, 5.41) is 2.71. The van der Waals surface area contributed by atoms with Gasteiger partial charge in [0.25, 0.3) is 0 Å². The van der Waals surface area contributed by atoms with Crippen molar-refractivity contribution in [3.05, 3.63) is 35.9 Å². The van der Waals surface area contributed by atoms with Gasteiger partial charge in [-0.2, -0.15) is 0 Å². The molecule has 6 heteroatoms. The van der Waals surface area contributed by atoms with Gasteiger partial charge >= 0.3 is 11.9 Å². The molecule has 0 bridgehead atoms. The molecule has 0 aromatic heterocycles. The minimum atomic E-state index is -0.814. The van der Waals surface area contributed by atoms with Crippen molar-refractivity contribution in [1.82, 2.24) is 5.32 Å². The summed E-state index contributed by atoms with van der Waals surface area (Å²) in [6, 6.07) is 9.41. The van der Waals surface area contributed by atoms with Crippen LogP contribution in [0.5, 0.6) is 0 Å². The smallest absolute Gasteiger partial charge is 0.309 e. The second-order valence-electron chi connectivity index (χ2n) is 4.48. The van der Waals surface area contributed by atoms with Gasteiger partial charge in [-0.3, -0.25) is 14.4 Å². The van der Waals surface area contributed by atoms with Gasteiger partial charge < -0.3 is 14.8 Å². The third kappa shape index (κ3) is 7.10. The molecule has 0 saturated heterocycles. The lowest BCUT2D eigenvalue weighted by atomic mass is 10.1. The topological polar surface area (TPSA) is 81.7 Å². The number of esters is 2. The Morgan fingerprint density at radius 2 is 1.81 bits per heavy atom. The number of hydrogen-bond donors (Lipinski definition) is 1. The summed E-state index contributed by atoms with van der Waals surface area (Å²) in [6.45, 7) is 1.61. The molecule has 1 amide bonds. The molecule has 0 heterocycles. The van der Waals surface area contributed by atoms with Crippen LogP contribution in [0.4, 0.5) is 0 Å². The monoisotopic (exact) mass is 293 g/mol. The highest BCUT2D eigenvalue weighted by molar-refractivity contribution is 5.78. The van der Waals surface area contributed by atoms with E-state index in [2.05, 4.69) is 10.1 Å². The van der Waals surface area contributed by atoms with Crippen LogP contribution in [0.3, 0.4) is 0 Å². The fourth-order valence-corrected chi connectivity index (χ4v) is 1.73. The Bertz CT molecular complexity index is 486. The summed E-state index contributed by atoms with van der Waals surface area (Å²) in [5.74, 6) is -1.37. The third-order valence-corrected chi connectivity index (χ3v) is 2.70. The zero-order valence-corrected chi connectivity index (χ0v) is 12.1. The van der Waals surface area contributed by atoms with E-state index in [-0.39, 0.29) is 18.7 Å². The van der Waals surface area contributed by atoms with Crippen LogP contribution in [0.2, 0.25) is 0 Å². The molecule has 1 rings (SSSR count). The molecule has 21 heavy (non-hydrogen) atoms. The second kappa shape index (κ2) is 8.73. The zero-order valence-electron chi connectivity index (χ0n) is 12.1. The van der Waals surface area contributed by atoms with E-state index in [1.54, 1.807) is 0 Å². The van der Waals surface area contributed by atoms with E-state index < -0.39 is 18.0 Å². The third-order valence-electron chi connectivity index (χ3n) is 2.70. The minimum absolute atomic E-state index is 0.0818. The van der Waals surface area contributed by atoms with E-state index in [1.807, 2.05) is 30.3 Å². The maximum Gasteiger partial charge on any atom is 0.309 e. The molecule has 0 spiro atoms. The Morgan fingerprint density at radius 1 is 1.14 bits per heavy atom. The lowest BCUT2D eigenvalue weighted by molar-refractivity contribution is -0.153. The molecule has 114 valence electrons. The molecule has 6 nitrogen and oxygen atoms in total. The van der Waals surface area contributed by atoms with Crippen molar-refractivity contribution >= 4 is 17.8 Å². The summed E-state index contributed by atoms with van der Waals surface area (Å²) in [7, 11) is 1.24. The van der Waals surface area contributed by atoms with Crippen LogP contribution in [0.15, 0.2) is 30.3 Å². The zero-order chi connectivity index (χ0) is 15.7. The maximum atomic E-state index is 11.8. The van der Waals surface area contributed by atoms with E-state index in [1.165, 1.54) is 14.0 Å². The molecule has 0 radical (unpaired) electrons. The highest BCUT2D eigenvalue weighted by Gasteiger charge is 2.20. The SMILES string of the molecule is COC(=O)CC(CC(=O)NCc1ccccc1)OC(C)=O. The van der Waals surface area contributed by atoms with E-state index in [0.717, 1.165) is 5.56 Å². The number of benzene rings is 1. The first kappa shape index (κ1) is 16.7. The Labute approximate surface area is 123 Å². The summed E-state index contributed by atoms with van der Waals surface area (Å²) in [4.78, 5) is 34.0. The number of carbonyl (C=O) groups is 3. The molecule has 1 aromatic carbocycles. The van der Waals surface area contributed by atoms with Crippen LogP contribution in [0, 0.1) is 0 Å². The van der Waals surface area contributed by atoms with Crippen molar-refractivity contribution in [1.29, 1.82) is 0 Å². The Hall–Kier alpha value is -2.37. The van der Waals surface area contributed by atoms with Crippen LogP contribution >= 0.6 is 0 Å². The number of ether oxygens (including phenoxy) is 2. The molecular formula is C15H19NO5. The fraction of sp³-hybridized carbons (Fsp3) is 0.400. The van der Waals surface area contributed by atoms with E-state index in [0.29, 0.717) is 6.54 Å². The lowest BCUT2D eigenvalue weighted by Crippen LogP contribution is -2.30. The number of amides is 1. The van der Waals surface area contributed by atoms with Gasteiger partial charge in [0.1, 0.15) is 6.10 Å². The normalized spacial score (nSPS) is 11.3. The van der Waals surface area contributed by atoms with Gasteiger partial charge in [-0.25, -0.2) is 0 Å². The van der Waals surface area contributed by atoms with Crippen LogP contribution in [-0.2, 0) is 30.4 Å². The van der Waals surface area contributed by atoms with Crippen LogP contribution in [0.25, 0.3) is 0 Å². The Kier molecular flexibility index (Phi) is 6.94. The highest BCUT2D eigenvalue weighted by Crippen LogP contribution is 2.07. The molecular weight excluding hydrogens is 274 g/mol. The molecule has 0 aliphatic carbocycles. The van der Waals surface area contributed by atoms with Crippen molar-refractivity contribution in [3.8, 4) is 0 Å². The van der Waals surface area contributed by atoms with Crippen molar-refractivity contribution < 1.29 is 23.9 Å². The van der Waals surface area contributed by atoms with Gasteiger partial charge in [0.15, 0.2) is 0 Å². The molecule has 0 aliphatic rings. The lowest BCUT2D eigenvalue weighted by Gasteiger charge is -2.15. The number of nitrogens with one attached hydrogen (secondary N) is 1. The maximum absolute atomic E-state index is 11.8. The molecule has 0 saturated carbocycles. The van der Waals surface area contributed by atoms with Crippen molar-refractivity contribution in [2.75, 3.05) is 7.11 Å². The largest absolute Gasteiger partial charge is 0.469 e. The quantitative estimate of drug-likeness (QED) is 0.764. The minimum Gasteiger partial charge on any atom is -0.469 e. The standard InChI is InChI=1S/C15H19NO5/c1-11(17)21-13(9-15(19)20-2)8-14(18)16-10-12-6-4-3-5-7-12/h3-7,13H,8-10H2,1-2H3,(H,16,18). The molecule has 1 unspecified atom stereocenters. The molecule has 1 aromatic rings. The van der Waals surface area contributed by atoms with Crippen LogP contribution in [0.1, 0.15) is 25.3 Å². The van der Waals surface area contributed by atoms with Crippen molar-refractivity contribution in [2.45, 2.75) is 32.4 Å². The van der Waals surface area contributed by atoms with Crippen LogP contribution < -0.4 is 5.32 Å². The van der Waals surface area contributed by atoms with Crippen molar-refractivity contribution in [3.63, 3.8) is 0 Å². The van der Waals surface area contributed by atoms with Gasteiger partial charge in [0.05, 0.1) is 20.0 Å². The van der Waals surface area contributed by atoms with E-state index >= 15 is 0 Å². The van der Waals surface area contributed by atoms with E-state index in [4.69, 9.17) is 4.74 Å². The summed E-state index contributed by atoms with van der Waals surface area (Å²) in [6.07, 6.45) is -1.04. The fourth-order valence-electron chi connectivity index (χ4n) is 1.73. The van der Waals surface area contributed by atoms with Crippen molar-refractivity contribution in [2.24, 2.45) is 0 Å². The Balaban J connectivity index is 2.47. The summed E-state index contributed by atoms with van der Waals surface area (Å²) < 4.78 is 9.46. The predicted molar refractivity (Wildman–Crippen MR) is 75.1 cm³/mol. The molecule has 1 N–H and O–H groups in total. The predicted octanol–water partition coefficient (Wildman–Crippen LogP) is 1.19. The van der Waals surface area contributed by atoms with Gasteiger partial charge in [-0.15, -0.1) is 0 Å². The first-order valence-corrected chi connectivity index (χ1v) is 6.56. The highest BCUT2D eigenvalue weighted by atomic mass is 16.6. The van der Waals surface area contributed by atoms with Crippen LogP contribution in [-0.4, -0.2) is 31.1 Å². The number of hydrogen-bond acceptors (Lipinski definition) is 5. The van der Waals surface area contributed by atoms with E-state index in [9.17, 15) is 14.4 Å². The summed E-state index contributed by atoms with van der Waals surface area (Å²) >= 11 is 0. The molecule has 0 aliphatic heterocycles. The van der Waals surface area contributed by atoms with Gasteiger partial charge in [-0.1, -0.05) is 30.3 Å². The van der Waals surface area contributed by atoms with Gasteiger partial charge in [-0.05, 0) is 5.56 Å². The van der Waals surface area contributed by atoms with Gasteiger partial charge in [0.2, 0.25) is 5.91 Å². The number of rotatable bonds is 7. The first-order valence-electron chi connectivity index (χ1n) is 6.56. The molecule has 0 fully saturated rings. The first-order chi connectivity index (χ1) is 10.0. The Morgan fingerprint density at radius 3 is 2.38 bits per heavy atom. The second-order valence-corrected chi connectivity index (χ2v) is 4.48. The molecule has 1 atom stereocenters. The number of carbonyl (C=O) groups excluding carboxylic acids is 3. The summed E-state index contributed by atoms with van der Waals surface area (Å²) in [5.41, 5.74) is 0.961. The average Bonchev–Trinajstić information content (AvgIpc) is 2.45. The van der Waals surface area contributed by atoms with Gasteiger partial charge in [0, 0.05) is 13.5 Å².